The quantitative estimate of drug-likeness (QED) is 0.803. The summed E-state index contributed by atoms with van der Waals surface area (Å²) in [4.78, 5) is 17.1. The number of carbonyl (C=O) groups is 1. The number of nitrogens with zero attached hydrogens (tertiary/aromatic N) is 1. The van der Waals surface area contributed by atoms with Crippen molar-refractivity contribution in [3.05, 3.63) is 36.0 Å². The molecule has 1 atom stereocenters. The van der Waals surface area contributed by atoms with Gasteiger partial charge in [0.05, 0.1) is 5.60 Å². The Morgan fingerprint density at radius 3 is 3.00 bits per heavy atom. The first kappa shape index (κ1) is 11.3. The SMILES string of the molecule is CC1(O)CCN(C(=O)c2ccc3[nH]ccc3c2)C1. The van der Waals surface area contributed by atoms with E-state index in [2.05, 4.69) is 4.98 Å². The van der Waals surface area contributed by atoms with Crippen LogP contribution in [0.1, 0.15) is 23.7 Å². The number of aromatic amines is 1. The lowest BCUT2D eigenvalue weighted by Crippen LogP contribution is -2.33. The van der Waals surface area contributed by atoms with Gasteiger partial charge in [-0.3, -0.25) is 4.79 Å². The van der Waals surface area contributed by atoms with Gasteiger partial charge in [0.25, 0.3) is 5.91 Å². The number of rotatable bonds is 1. The van der Waals surface area contributed by atoms with E-state index in [0.29, 0.717) is 25.1 Å². The van der Waals surface area contributed by atoms with E-state index in [1.807, 2.05) is 30.5 Å². The molecule has 2 heterocycles. The molecule has 0 aliphatic carbocycles. The fourth-order valence-corrected chi connectivity index (χ4v) is 2.49. The van der Waals surface area contributed by atoms with E-state index in [9.17, 15) is 9.90 Å². The largest absolute Gasteiger partial charge is 0.388 e. The average molecular weight is 244 g/mol. The molecule has 0 saturated carbocycles. The maximum Gasteiger partial charge on any atom is 0.253 e. The van der Waals surface area contributed by atoms with E-state index in [4.69, 9.17) is 0 Å². The van der Waals surface area contributed by atoms with Crippen LogP contribution in [-0.2, 0) is 0 Å². The topological polar surface area (TPSA) is 56.3 Å². The lowest BCUT2D eigenvalue weighted by Gasteiger charge is -2.19. The third-order valence-corrected chi connectivity index (χ3v) is 3.54. The molecule has 1 aliphatic rings. The first-order valence-electron chi connectivity index (χ1n) is 6.14. The molecular weight excluding hydrogens is 228 g/mol. The lowest BCUT2D eigenvalue weighted by molar-refractivity contribution is 0.0572. The van der Waals surface area contributed by atoms with Gasteiger partial charge in [0, 0.05) is 35.8 Å². The van der Waals surface area contributed by atoms with E-state index >= 15 is 0 Å². The number of H-pyrrole nitrogens is 1. The second kappa shape index (κ2) is 3.85. The van der Waals surface area contributed by atoms with Crippen molar-refractivity contribution in [2.75, 3.05) is 13.1 Å². The van der Waals surface area contributed by atoms with Gasteiger partial charge in [-0.2, -0.15) is 0 Å². The van der Waals surface area contributed by atoms with Crippen molar-refractivity contribution in [3.8, 4) is 0 Å². The number of hydrogen-bond acceptors (Lipinski definition) is 2. The van der Waals surface area contributed by atoms with Gasteiger partial charge in [-0.1, -0.05) is 0 Å². The number of nitrogens with one attached hydrogen (secondary N) is 1. The molecule has 1 fully saturated rings. The summed E-state index contributed by atoms with van der Waals surface area (Å²) in [5.74, 6) is -0.00382. The number of amides is 1. The van der Waals surface area contributed by atoms with Crippen molar-refractivity contribution in [2.24, 2.45) is 0 Å². The number of aliphatic hydroxyl groups is 1. The summed E-state index contributed by atoms with van der Waals surface area (Å²) in [7, 11) is 0. The van der Waals surface area contributed by atoms with E-state index in [1.54, 1.807) is 11.8 Å². The number of β-amino-alcohol motifs (C(OH)–C–C–N with tert-alkyl or cyclic N) is 1. The van der Waals surface area contributed by atoms with Crippen molar-refractivity contribution >= 4 is 16.8 Å². The van der Waals surface area contributed by atoms with Crippen LogP contribution < -0.4 is 0 Å². The molecule has 1 aromatic heterocycles. The van der Waals surface area contributed by atoms with Crippen LogP contribution in [0.25, 0.3) is 10.9 Å². The van der Waals surface area contributed by atoms with Gasteiger partial charge in [0.1, 0.15) is 0 Å². The van der Waals surface area contributed by atoms with Crippen LogP contribution in [0, 0.1) is 0 Å². The van der Waals surface area contributed by atoms with Gasteiger partial charge >= 0.3 is 0 Å². The Morgan fingerprint density at radius 2 is 2.28 bits per heavy atom. The molecular formula is C14H16N2O2. The minimum atomic E-state index is -0.742. The molecule has 0 bridgehead atoms. The Kier molecular flexibility index (Phi) is 2.41. The molecule has 4 heteroatoms. The molecule has 2 N–H and O–H groups in total. The summed E-state index contributed by atoms with van der Waals surface area (Å²) in [5, 5.41) is 10.9. The van der Waals surface area contributed by atoms with Crippen molar-refractivity contribution in [2.45, 2.75) is 18.9 Å². The number of likely N-dealkylation sites (tertiary alicyclic amines) is 1. The van der Waals surface area contributed by atoms with Crippen LogP contribution in [0.4, 0.5) is 0 Å². The smallest absolute Gasteiger partial charge is 0.253 e. The molecule has 1 unspecified atom stereocenters. The van der Waals surface area contributed by atoms with E-state index in [-0.39, 0.29) is 5.91 Å². The maximum atomic E-state index is 12.3. The monoisotopic (exact) mass is 244 g/mol. The maximum absolute atomic E-state index is 12.3. The summed E-state index contributed by atoms with van der Waals surface area (Å²) in [6, 6.07) is 7.58. The Morgan fingerprint density at radius 1 is 1.44 bits per heavy atom. The fraction of sp³-hybridized carbons (Fsp3) is 0.357. The minimum absolute atomic E-state index is 0.00382. The van der Waals surface area contributed by atoms with Gasteiger partial charge < -0.3 is 15.0 Å². The van der Waals surface area contributed by atoms with Gasteiger partial charge in [-0.05, 0) is 37.6 Å². The Balaban J connectivity index is 1.88. The highest BCUT2D eigenvalue weighted by Crippen LogP contribution is 2.23. The lowest BCUT2D eigenvalue weighted by atomic mass is 10.1. The van der Waals surface area contributed by atoms with Gasteiger partial charge in [-0.15, -0.1) is 0 Å². The molecule has 1 amide bonds. The van der Waals surface area contributed by atoms with Crippen LogP contribution in [0.3, 0.4) is 0 Å². The third-order valence-electron chi connectivity index (χ3n) is 3.54. The second-order valence-electron chi connectivity index (χ2n) is 5.25. The number of hydrogen-bond donors (Lipinski definition) is 2. The third kappa shape index (κ3) is 1.88. The standard InChI is InChI=1S/C14H16N2O2/c1-14(18)5-7-16(9-14)13(17)11-2-3-12-10(8-11)4-6-15-12/h2-4,6,8,15,18H,5,7,9H2,1H3. The summed E-state index contributed by atoms with van der Waals surface area (Å²) < 4.78 is 0. The highest BCUT2D eigenvalue weighted by Gasteiger charge is 2.34. The molecule has 3 rings (SSSR count). The highest BCUT2D eigenvalue weighted by molar-refractivity contribution is 5.98. The van der Waals surface area contributed by atoms with Gasteiger partial charge in [0.2, 0.25) is 0 Å². The Hall–Kier alpha value is -1.81. The number of aromatic nitrogens is 1. The predicted molar refractivity (Wildman–Crippen MR) is 69.4 cm³/mol. The van der Waals surface area contributed by atoms with E-state index in [0.717, 1.165) is 10.9 Å². The normalized spacial score (nSPS) is 23.8. The second-order valence-corrected chi connectivity index (χ2v) is 5.25. The fourth-order valence-electron chi connectivity index (χ4n) is 2.49. The molecule has 4 nitrogen and oxygen atoms in total. The van der Waals surface area contributed by atoms with Crippen LogP contribution in [0.5, 0.6) is 0 Å². The van der Waals surface area contributed by atoms with E-state index in [1.165, 1.54) is 0 Å². The zero-order valence-electron chi connectivity index (χ0n) is 10.3. The van der Waals surface area contributed by atoms with Crippen LogP contribution >= 0.6 is 0 Å². The number of carbonyl (C=O) groups excluding carboxylic acids is 1. The van der Waals surface area contributed by atoms with Crippen molar-refractivity contribution in [1.82, 2.24) is 9.88 Å². The zero-order valence-corrected chi connectivity index (χ0v) is 10.3. The first-order valence-corrected chi connectivity index (χ1v) is 6.14. The minimum Gasteiger partial charge on any atom is -0.388 e. The molecule has 0 radical (unpaired) electrons. The molecule has 1 aliphatic heterocycles. The van der Waals surface area contributed by atoms with Gasteiger partial charge in [0.15, 0.2) is 0 Å². The predicted octanol–water partition coefficient (Wildman–Crippen LogP) is 1.76. The van der Waals surface area contributed by atoms with E-state index < -0.39 is 5.60 Å². The molecule has 18 heavy (non-hydrogen) atoms. The van der Waals surface area contributed by atoms with Crippen molar-refractivity contribution < 1.29 is 9.90 Å². The molecule has 2 aromatic rings. The van der Waals surface area contributed by atoms with Crippen LogP contribution in [0.15, 0.2) is 30.5 Å². The summed E-state index contributed by atoms with van der Waals surface area (Å²) >= 11 is 0. The molecule has 1 saturated heterocycles. The van der Waals surface area contributed by atoms with Crippen LogP contribution in [-0.4, -0.2) is 39.6 Å². The summed E-state index contributed by atoms with van der Waals surface area (Å²) in [6.45, 7) is 2.81. The Bertz CT molecular complexity index is 601. The highest BCUT2D eigenvalue weighted by atomic mass is 16.3. The summed E-state index contributed by atoms with van der Waals surface area (Å²) in [5.41, 5.74) is 0.966. The Labute approximate surface area is 105 Å². The molecule has 94 valence electrons. The molecule has 1 aromatic carbocycles. The van der Waals surface area contributed by atoms with Gasteiger partial charge in [-0.25, -0.2) is 0 Å². The number of fused-ring (bicyclic) bond motifs is 1. The van der Waals surface area contributed by atoms with Crippen molar-refractivity contribution in [1.29, 1.82) is 0 Å². The zero-order chi connectivity index (χ0) is 12.8. The first-order chi connectivity index (χ1) is 8.55. The number of benzene rings is 1. The summed E-state index contributed by atoms with van der Waals surface area (Å²) in [6.07, 6.45) is 2.50. The average Bonchev–Trinajstić information content (AvgIpc) is 2.93. The van der Waals surface area contributed by atoms with Crippen molar-refractivity contribution in [3.63, 3.8) is 0 Å². The van der Waals surface area contributed by atoms with Crippen LogP contribution in [0.2, 0.25) is 0 Å². The molecule has 0 spiro atoms.